The predicted octanol–water partition coefficient (Wildman–Crippen LogP) is 2.20. The van der Waals surface area contributed by atoms with Crippen molar-refractivity contribution in [1.29, 1.82) is 0 Å². The summed E-state index contributed by atoms with van der Waals surface area (Å²) in [6.45, 7) is 9.52. The minimum atomic E-state index is -0.468. The van der Waals surface area contributed by atoms with Crippen LogP contribution in [-0.4, -0.2) is 66.2 Å². The van der Waals surface area contributed by atoms with Crippen LogP contribution >= 0.6 is 0 Å². The number of amides is 3. The number of primary amides is 1. The number of nitrogens with zero attached hydrogens (tertiary/aromatic N) is 2. The van der Waals surface area contributed by atoms with Crippen molar-refractivity contribution in [3.63, 3.8) is 0 Å². The van der Waals surface area contributed by atoms with Gasteiger partial charge in [0.05, 0.1) is 12.2 Å². The van der Waals surface area contributed by atoms with Crippen LogP contribution < -0.4 is 11.1 Å². The topological polar surface area (TPSA) is 87.9 Å². The van der Waals surface area contributed by atoms with E-state index in [2.05, 4.69) is 24.1 Å². The Morgan fingerprint density at radius 3 is 2.33 bits per heavy atom. The molecule has 3 N–H and O–H groups in total. The Kier molecular flexibility index (Phi) is 6.01. The number of nitrogens with one attached hydrogen (secondary N) is 1. The van der Waals surface area contributed by atoms with Crippen LogP contribution in [0.15, 0.2) is 18.2 Å². The van der Waals surface area contributed by atoms with Gasteiger partial charge in [-0.3, -0.25) is 9.69 Å². The van der Waals surface area contributed by atoms with Crippen LogP contribution in [-0.2, 0) is 4.74 Å². The Balaban J connectivity index is 1.53. The fourth-order valence-electron chi connectivity index (χ4n) is 4.10. The van der Waals surface area contributed by atoms with Gasteiger partial charge < -0.3 is 20.7 Å². The quantitative estimate of drug-likeness (QED) is 0.849. The number of hydrogen-bond acceptors (Lipinski definition) is 4. The lowest BCUT2D eigenvalue weighted by molar-refractivity contribution is -0.0853. The van der Waals surface area contributed by atoms with Crippen LogP contribution in [0.25, 0.3) is 0 Å². The SMILES string of the molecule is Cc1cc(C(N)=O)ccc1NC(=O)N1CCC(N2C[C@@H](C)O[C@@H](C)C2)CC1. The van der Waals surface area contributed by atoms with Gasteiger partial charge in [-0.2, -0.15) is 0 Å². The van der Waals surface area contributed by atoms with Gasteiger partial charge >= 0.3 is 6.03 Å². The normalized spacial score (nSPS) is 24.6. The number of carbonyl (C=O) groups excluding carboxylic acids is 2. The van der Waals surface area contributed by atoms with E-state index in [9.17, 15) is 9.59 Å². The first-order valence-corrected chi connectivity index (χ1v) is 9.69. The van der Waals surface area contributed by atoms with Crippen molar-refractivity contribution >= 4 is 17.6 Å². The summed E-state index contributed by atoms with van der Waals surface area (Å²) in [4.78, 5) is 28.2. The minimum Gasteiger partial charge on any atom is -0.373 e. The summed E-state index contributed by atoms with van der Waals surface area (Å²) < 4.78 is 5.82. The van der Waals surface area contributed by atoms with Crippen molar-refractivity contribution in [2.45, 2.75) is 51.9 Å². The number of aryl methyl sites for hydroxylation is 1. The van der Waals surface area contributed by atoms with E-state index in [1.165, 1.54) is 0 Å². The van der Waals surface area contributed by atoms with E-state index >= 15 is 0 Å². The number of nitrogens with two attached hydrogens (primary N) is 1. The summed E-state index contributed by atoms with van der Waals surface area (Å²) in [5, 5.41) is 2.96. The highest BCUT2D eigenvalue weighted by Gasteiger charge is 2.31. The summed E-state index contributed by atoms with van der Waals surface area (Å²) >= 11 is 0. The highest BCUT2D eigenvalue weighted by Crippen LogP contribution is 2.23. The maximum absolute atomic E-state index is 12.6. The molecule has 2 heterocycles. The molecule has 2 aliphatic heterocycles. The number of carbonyl (C=O) groups is 2. The van der Waals surface area contributed by atoms with Crippen LogP contribution in [0.5, 0.6) is 0 Å². The van der Waals surface area contributed by atoms with Gasteiger partial charge in [0.1, 0.15) is 0 Å². The molecule has 0 radical (unpaired) electrons. The van der Waals surface area contributed by atoms with Crippen LogP contribution in [0.3, 0.4) is 0 Å². The Bertz CT molecular complexity index is 690. The number of hydrogen-bond donors (Lipinski definition) is 2. The summed E-state index contributed by atoms with van der Waals surface area (Å²) in [7, 11) is 0. The molecule has 2 saturated heterocycles. The number of likely N-dealkylation sites (tertiary alicyclic amines) is 1. The van der Waals surface area contributed by atoms with E-state index in [0.717, 1.165) is 44.6 Å². The maximum Gasteiger partial charge on any atom is 0.321 e. The molecule has 2 fully saturated rings. The predicted molar refractivity (Wildman–Crippen MR) is 105 cm³/mol. The number of urea groups is 1. The first-order chi connectivity index (χ1) is 12.8. The molecular formula is C20H30N4O3. The first-order valence-electron chi connectivity index (χ1n) is 9.69. The second-order valence-corrected chi connectivity index (χ2v) is 7.75. The van der Waals surface area contributed by atoms with Gasteiger partial charge in [-0.25, -0.2) is 4.79 Å². The molecule has 1 aromatic carbocycles. The van der Waals surface area contributed by atoms with Gasteiger partial charge in [0.2, 0.25) is 5.91 Å². The largest absolute Gasteiger partial charge is 0.373 e. The summed E-state index contributed by atoms with van der Waals surface area (Å²) in [6.07, 6.45) is 2.49. The molecule has 27 heavy (non-hydrogen) atoms. The Hall–Kier alpha value is -2.12. The molecule has 7 nitrogen and oxygen atoms in total. The van der Waals surface area contributed by atoms with E-state index in [1.807, 2.05) is 11.8 Å². The third-order valence-electron chi connectivity index (χ3n) is 5.47. The van der Waals surface area contributed by atoms with Crippen LogP contribution in [0.1, 0.15) is 42.6 Å². The van der Waals surface area contributed by atoms with Crippen molar-refractivity contribution in [3.05, 3.63) is 29.3 Å². The minimum absolute atomic E-state index is 0.0907. The molecule has 148 valence electrons. The third kappa shape index (κ3) is 4.78. The van der Waals surface area contributed by atoms with Gasteiger partial charge in [0.25, 0.3) is 0 Å². The zero-order valence-corrected chi connectivity index (χ0v) is 16.4. The van der Waals surface area contributed by atoms with Crippen molar-refractivity contribution in [2.75, 3.05) is 31.5 Å². The number of rotatable bonds is 3. The molecule has 0 bridgehead atoms. The fourth-order valence-corrected chi connectivity index (χ4v) is 4.10. The molecule has 7 heteroatoms. The van der Waals surface area contributed by atoms with Gasteiger partial charge in [-0.15, -0.1) is 0 Å². The second kappa shape index (κ2) is 8.27. The molecule has 3 amide bonds. The Morgan fingerprint density at radius 2 is 1.78 bits per heavy atom. The summed E-state index contributed by atoms with van der Waals surface area (Å²) in [5.41, 5.74) is 7.28. The Morgan fingerprint density at radius 1 is 1.15 bits per heavy atom. The average molecular weight is 374 g/mol. The number of anilines is 1. The lowest BCUT2D eigenvalue weighted by atomic mass is 10.0. The van der Waals surface area contributed by atoms with Crippen molar-refractivity contribution in [3.8, 4) is 0 Å². The Labute approximate surface area is 160 Å². The van der Waals surface area contributed by atoms with E-state index in [0.29, 0.717) is 17.3 Å². The van der Waals surface area contributed by atoms with Gasteiger partial charge in [-0.1, -0.05) is 0 Å². The molecule has 0 spiro atoms. The van der Waals surface area contributed by atoms with Gasteiger partial charge in [0.15, 0.2) is 0 Å². The van der Waals surface area contributed by atoms with Crippen molar-refractivity contribution < 1.29 is 14.3 Å². The molecule has 0 aliphatic carbocycles. The average Bonchev–Trinajstić information content (AvgIpc) is 2.62. The number of piperidine rings is 1. The molecule has 0 saturated carbocycles. The number of morpholine rings is 1. The zero-order valence-electron chi connectivity index (χ0n) is 16.4. The molecule has 3 rings (SSSR count). The third-order valence-corrected chi connectivity index (χ3v) is 5.47. The number of ether oxygens (including phenoxy) is 1. The molecule has 2 atom stereocenters. The van der Waals surface area contributed by atoms with Crippen molar-refractivity contribution in [2.24, 2.45) is 5.73 Å². The highest BCUT2D eigenvalue weighted by molar-refractivity contribution is 5.95. The van der Waals surface area contributed by atoms with Crippen LogP contribution in [0.2, 0.25) is 0 Å². The fraction of sp³-hybridized carbons (Fsp3) is 0.600. The van der Waals surface area contributed by atoms with Gasteiger partial charge in [-0.05, 0) is 57.4 Å². The van der Waals surface area contributed by atoms with E-state index in [4.69, 9.17) is 10.5 Å². The van der Waals surface area contributed by atoms with E-state index in [-0.39, 0.29) is 18.2 Å². The number of benzene rings is 1. The standard InChI is InChI=1S/C20H30N4O3/c1-13-10-16(19(21)25)4-5-18(13)22-20(26)23-8-6-17(7-9-23)24-11-14(2)27-15(3)12-24/h4-5,10,14-15,17H,6-9,11-12H2,1-3H3,(H2,21,25)(H,22,26)/t14-,15+. The molecule has 1 aromatic rings. The van der Waals surface area contributed by atoms with Gasteiger partial charge in [0, 0.05) is 43.5 Å². The molecule has 0 unspecified atom stereocenters. The maximum atomic E-state index is 12.6. The summed E-state index contributed by atoms with van der Waals surface area (Å²) in [5.74, 6) is -0.468. The molecule has 2 aliphatic rings. The van der Waals surface area contributed by atoms with Crippen LogP contribution in [0, 0.1) is 6.92 Å². The highest BCUT2D eigenvalue weighted by atomic mass is 16.5. The van der Waals surface area contributed by atoms with E-state index in [1.54, 1.807) is 18.2 Å². The lowest BCUT2D eigenvalue weighted by Gasteiger charge is -2.43. The molecular weight excluding hydrogens is 344 g/mol. The van der Waals surface area contributed by atoms with E-state index < -0.39 is 5.91 Å². The zero-order chi connectivity index (χ0) is 19.6. The first kappa shape index (κ1) is 19.6. The lowest BCUT2D eigenvalue weighted by Crippen LogP contribution is -2.54. The second-order valence-electron chi connectivity index (χ2n) is 7.75. The molecule has 0 aromatic heterocycles. The van der Waals surface area contributed by atoms with Crippen molar-refractivity contribution in [1.82, 2.24) is 9.80 Å². The monoisotopic (exact) mass is 374 g/mol. The summed E-state index contributed by atoms with van der Waals surface area (Å²) in [6, 6.07) is 5.49. The smallest absolute Gasteiger partial charge is 0.321 e. The van der Waals surface area contributed by atoms with Crippen LogP contribution in [0.4, 0.5) is 10.5 Å².